The Morgan fingerprint density at radius 2 is 1.85 bits per heavy atom. The highest BCUT2D eigenvalue weighted by molar-refractivity contribution is 7.72. The molecule has 1 aromatic rings. The third kappa shape index (κ3) is 3.03. The molecule has 0 spiro atoms. The predicted molar refractivity (Wildman–Crippen MR) is 54.3 cm³/mol. The lowest BCUT2D eigenvalue weighted by molar-refractivity contribution is 0.614. The average Bonchev–Trinajstić information content (AvgIpc) is 2.15. The van der Waals surface area contributed by atoms with Gasteiger partial charge in [0.2, 0.25) is 0 Å². The molecule has 0 fully saturated rings. The lowest BCUT2D eigenvalue weighted by Gasteiger charge is -1.93. The van der Waals surface area contributed by atoms with Crippen molar-refractivity contribution in [2.45, 2.75) is 18.2 Å². The summed E-state index contributed by atoms with van der Waals surface area (Å²) in [5.41, 5.74) is 1.03. The third-order valence-corrected chi connectivity index (χ3v) is 2.37. The Morgan fingerprint density at radius 3 is 2.31 bits per heavy atom. The minimum absolute atomic E-state index is 0.364. The van der Waals surface area contributed by atoms with Crippen molar-refractivity contribution in [2.24, 2.45) is 0 Å². The topological polar surface area (TPSA) is 34.1 Å². The van der Waals surface area contributed by atoms with Gasteiger partial charge in [0.1, 0.15) is 0 Å². The highest BCUT2D eigenvalue weighted by Crippen LogP contribution is 2.07. The lowest BCUT2D eigenvalue weighted by Crippen LogP contribution is -1.79. The summed E-state index contributed by atoms with van der Waals surface area (Å²) in [6.45, 7) is 2.05. The summed E-state index contributed by atoms with van der Waals surface area (Å²) in [5, 5.41) is 0. The molecule has 0 bridgehead atoms. The first-order chi connectivity index (χ1) is 6.24. The zero-order valence-electron chi connectivity index (χ0n) is 7.43. The number of allylic oxidation sites excluding steroid dienone is 1. The van der Waals surface area contributed by atoms with Gasteiger partial charge >= 0.3 is 0 Å². The van der Waals surface area contributed by atoms with Crippen molar-refractivity contribution in [3.05, 3.63) is 35.9 Å². The second-order valence-electron chi connectivity index (χ2n) is 2.66. The fourth-order valence-corrected chi connectivity index (χ4v) is 1.35. The maximum Gasteiger partial charge on any atom is 0.168 e. The quantitative estimate of drug-likeness (QED) is 0.751. The molecular weight excluding hydrogens is 184 g/mol. The molecule has 0 unspecified atom stereocenters. The molecule has 0 radical (unpaired) electrons. The van der Waals surface area contributed by atoms with E-state index in [1.54, 1.807) is 24.3 Å². The van der Waals surface area contributed by atoms with E-state index in [1.807, 2.05) is 12.2 Å². The van der Waals surface area contributed by atoms with Crippen LogP contribution >= 0.6 is 0 Å². The van der Waals surface area contributed by atoms with Gasteiger partial charge in [0.15, 0.2) is 10.7 Å². The number of benzene rings is 1. The fraction of sp³-hybridized carbons (Fsp3) is 0.200. The third-order valence-electron chi connectivity index (χ3n) is 1.65. The molecule has 0 aliphatic heterocycles. The predicted octanol–water partition coefficient (Wildman–Crippen LogP) is 2.08. The summed E-state index contributed by atoms with van der Waals surface area (Å²) in [6, 6.07) is 6.82. The Hall–Kier alpha value is -1.09. The van der Waals surface area contributed by atoms with Gasteiger partial charge < -0.3 is 0 Å². The van der Waals surface area contributed by atoms with Crippen molar-refractivity contribution < 1.29 is 8.42 Å². The molecule has 0 atom stereocenters. The van der Waals surface area contributed by atoms with Gasteiger partial charge in [0.05, 0.1) is 4.90 Å². The Morgan fingerprint density at radius 1 is 1.23 bits per heavy atom. The van der Waals surface area contributed by atoms with Crippen LogP contribution in [-0.4, -0.2) is 8.42 Å². The molecule has 0 saturated carbocycles. The van der Waals surface area contributed by atoms with Crippen molar-refractivity contribution in [1.82, 2.24) is 0 Å². The molecule has 0 N–H and O–H groups in total. The highest BCUT2D eigenvalue weighted by Gasteiger charge is 1.92. The lowest BCUT2D eigenvalue weighted by atomic mass is 10.2. The van der Waals surface area contributed by atoms with Gasteiger partial charge in [0.25, 0.3) is 0 Å². The van der Waals surface area contributed by atoms with Crippen LogP contribution in [0.25, 0.3) is 6.08 Å². The molecule has 2 nitrogen and oxygen atoms in total. The van der Waals surface area contributed by atoms with E-state index in [1.165, 1.54) is 0 Å². The fourth-order valence-electron chi connectivity index (χ4n) is 0.961. The van der Waals surface area contributed by atoms with E-state index < -0.39 is 10.7 Å². The van der Waals surface area contributed by atoms with Gasteiger partial charge in [-0.1, -0.05) is 31.2 Å². The number of thiol groups is 1. The first-order valence-corrected chi connectivity index (χ1v) is 5.32. The summed E-state index contributed by atoms with van der Waals surface area (Å²) in [5.74, 6) is 0. The van der Waals surface area contributed by atoms with E-state index in [9.17, 15) is 8.42 Å². The largest absolute Gasteiger partial charge is 0.227 e. The molecule has 70 valence electrons. The van der Waals surface area contributed by atoms with E-state index in [0.29, 0.717) is 4.90 Å². The highest BCUT2D eigenvalue weighted by atomic mass is 32.2. The van der Waals surface area contributed by atoms with Crippen molar-refractivity contribution in [3.63, 3.8) is 0 Å². The zero-order valence-corrected chi connectivity index (χ0v) is 8.33. The molecule has 0 saturated heterocycles. The average molecular weight is 196 g/mol. The van der Waals surface area contributed by atoms with Crippen LogP contribution in [-0.2, 0) is 10.7 Å². The van der Waals surface area contributed by atoms with Crippen molar-refractivity contribution in [1.29, 1.82) is 0 Å². The minimum atomic E-state index is -2.44. The molecule has 1 aromatic carbocycles. The smallest absolute Gasteiger partial charge is 0.168 e. The van der Waals surface area contributed by atoms with Crippen LogP contribution in [0.15, 0.2) is 35.2 Å². The van der Waals surface area contributed by atoms with Gasteiger partial charge in [-0.3, -0.25) is 0 Å². The van der Waals surface area contributed by atoms with E-state index in [4.69, 9.17) is 0 Å². The second-order valence-corrected chi connectivity index (χ2v) is 3.69. The summed E-state index contributed by atoms with van der Waals surface area (Å²) in [4.78, 5) is 0.364. The SMILES string of the molecule is CC/C=C/c1ccc([SH](=O)=O)cc1. The Kier molecular flexibility index (Phi) is 3.71. The first-order valence-electron chi connectivity index (χ1n) is 4.15. The Bertz CT molecular complexity index is 353. The van der Waals surface area contributed by atoms with Crippen LogP contribution in [0.5, 0.6) is 0 Å². The van der Waals surface area contributed by atoms with Crippen molar-refractivity contribution >= 4 is 16.8 Å². The number of rotatable bonds is 3. The van der Waals surface area contributed by atoms with Crippen LogP contribution in [0, 0.1) is 0 Å². The normalized spacial score (nSPS) is 11.2. The van der Waals surface area contributed by atoms with Gasteiger partial charge in [-0.25, -0.2) is 8.42 Å². The molecule has 0 amide bonds. The minimum Gasteiger partial charge on any atom is -0.227 e. The molecule has 0 heterocycles. The molecule has 0 aliphatic carbocycles. The van der Waals surface area contributed by atoms with Crippen LogP contribution in [0.1, 0.15) is 18.9 Å². The number of hydrogen-bond acceptors (Lipinski definition) is 2. The molecule has 3 heteroatoms. The standard InChI is InChI=1S/C10H12O2S/c1-2-3-4-9-5-7-10(8-6-9)13(11)12/h3-8,13H,2H2,1H3/b4-3+. The van der Waals surface area contributed by atoms with E-state index in [2.05, 4.69) is 6.92 Å². The maximum atomic E-state index is 10.5. The molecule has 0 aromatic heterocycles. The van der Waals surface area contributed by atoms with E-state index in [0.717, 1.165) is 12.0 Å². The van der Waals surface area contributed by atoms with Crippen molar-refractivity contribution in [2.75, 3.05) is 0 Å². The maximum absolute atomic E-state index is 10.5. The van der Waals surface area contributed by atoms with Crippen molar-refractivity contribution in [3.8, 4) is 0 Å². The summed E-state index contributed by atoms with van der Waals surface area (Å²) >= 11 is 0. The van der Waals surface area contributed by atoms with Crippen LogP contribution in [0.4, 0.5) is 0 Å². The van der Waals surface area contributed by atoms with E-state index >= 15 is 0 Å². The van der Waals surface area contributed by atoms with Gasteiger partial charge in [0, 0.05) is 0 Å². The van der Waals surface area contributed by atoms with Crippen LogP contribution in [0.2, 0.25) is 0 Å². The monoisotopic (exact) mass is 196 g/mol. The summed E-state index contributed by atoms with van der Waals surface area (Å²) < 4.78 is 21.1. The summed E-state index contributed by atoms with van der Waals surface area (Å²) in [6.07, 6.45) is 4.99. The van der Waals surface area contributed by atoms with Crippen LogP contribution in [0.3, 0.4) is 0 Å². The summed E-state index contributed by atoms with van der Waals surface area (Å²) in [7, 11) is -2.44. The first kappa shape index (κ1) is 9.99. The Balaban J connectivity index is 2.87. The van der Waals surface area contributed by atoms with Gasteiger partial charge in [-0.05, 0) is 24.1 Å². The second kappa shape index (κ2) is 4.82. The number of hydrogen-bond donors (Lipinski definition) is 1. The van der Waals surface area contributed by atoms with Gasteiger partial charge in [-0.2, -0.15) is 0 Å². The molecule has 13 heavy (non-hydrogen) atoms. The molecule has 0 aliphatic rings. The zero-order chi connectivity index (χ0) is 9.68. The molecular formula is C10H12O2S. The Labute approximate surface area is 79.9 Å². The van der Waals surface area contributed by atoms with Gasteiger partial charge in [-0.15, -0.1) is 0 Å². The molecule has 1 rings (SSSR count). The van der Waals surface area contributed by atoms with E-state index in [-0.39, 0.29) is 0 Å². The van der Waals surface area contributed by atoms with Crippen LogP contribution < -0.4 is 0 Å².